The van der Waals surface area contributed by atoms with E-state index in [9.17, 15) is 14.4 Å². The Morgan fingerprint density at radius 2 is 2.07 bits per heavy atom. The molecule has 152 valence electrons. The Labute approximate surface area is 180 Å². The van der Waals surface area contributed by atoms with Gasteiger partial charge in [-0.3, -0.25) is 29.8 Å². The highest BCUT2D eigenvalue weighted by Gasteiger charge is 2.15. The average Bonchev–Trinajstić information content (AvgIpc) is 3.21. The number of aromatic nitrogens is 2. The molecule has 2 heterocycles. The zero-order valence-electron chi connectivity index (χ0n) is 15.8. The second-order valence-electron chi connectivity index (χ2n) is 6.63. The summed E-state index contributed by atoms with van der Waals surface area (Å²) in [5, 5.41) is 3.17. The van der Waals surface area contributed by atoms with Crippen molar-refractivity contribution in [1.82, 2.24) is 20.4 Å². The van der Waals surface area contributed by atoms with E-state index in [4.69, 9.17) is 11.6 Å². The lowest BCUT2D eigenvalue weighted by Crippen LogP contribution is -2.42. The molecule has 0 aliphatic heterocycles. The Bertz CT molecular complexity index is 1100. The normalized spacial score (nSPS) is 11.0. The molecule has 0 bridgehead atoms. The van der Waals surface area contributed by atoms with Crippen molar-refractivity contribution in [1.29, 1.82) is 0 Å². The molecular formula is C19H19ClN4O3S2. The number of hydrogen-bond acceptors (Lipinski definition) is 6. The van der Waals surface area contributed by atoms with Crippen molar-refractivity contribution in [2.45, 2.75) is 25.5 Å². The van der Waals surface area contributed by atoms with E-state index in [1.54, 1.807) is 40.3 Å². The number of amides is 2. The molecule has 0 fully saturated rings. The number of nitrogens with one attached hydrogen (secondary N) is 2. The number of hydrazine groups is 1. The standard InChI is InChI=1S/C19H19ClN4O3S2/c1-11(2)9-24-18(27)13-6-5-12(20)8-14(13)21-19(24)29-10-16(25)22-23-17(26)15-4-3-7-28-15/h3-8,11H,9-10H2,1-2H3,(H,22,25)(H,23,26). The maximum Gasteiger partial charge on any atom is 0.279 e. The third-order valence-electron chi connectivity index (χ3n) is 3.82. The highest BCUT2D eigenvalue weighted by molar-refractivity contribution is 7.99. The van der Waals surface area contributed by atoms with Gasteiger partial charge in [0.25, 0.3) is 11.5 Å². The summed E-state index contributed by atoms with van der Waals surface area (Å²) < 4.78 is 1.57. The van der Waals surface area contributed by atoms with E-state index in [-0.39, 0.29) is 23.1 Å². The minimum absolute atomic E-state index is 0.0126. The lowest BCUT2D eigenvalue weighted by Gasteiger charge is -2.15. The number of carbonyl (C=O) groups excluding carboxylic acids is 2. The summed E-state index contributed by atoms with van der Waals surface area (Å²) in [6, 6.07) is 8.36. The zero-order chi connectivity index (χ0) is 21.0. The number of nitrogens with zero attached hydrogens (tertiary/aromatic N) is 2. The highest BCUT2D eigenvalue weighted by Crippen LogP contribution is 2.21. The van der Waals surface area contributed by atoms with Crippen LogP contribution in [0.2, 0.25) is 5.02 Å². The molecule has 2 amide bonds. The molecule has 2 N–H and O–H groups in total. The smallest absolute Gasteiger partial charge is 0.279 e. The van der Waals surface area contributed by atoms with Gasteiger partial charge in [-0.15, -0.1) is 11.3 Å². The molecule has 3 rings (SSSR count). The summed E-state index contributed by atoms with van der Waals surface area (Å²) in [7, 11) is 0. The zero-order valence-corrected chi connectivity index (χ0v) is 18.2. The lowest BCUT2D eigenvalue weighted by atomic mass is 10.2. The summed E-state index contributed by atoms with van der Waals surface area (Å²) in [6.45, 7) is 4.48. The van der Waals surface area contributed by atoms with E-state index in [2.05, 4.69) is 15.8 Å². The number of benzene rings is 1. The van der Waals surface area contributed by atoms with Crippen LogP contribution in [0.3, 0.4) is 0 Å². The molecule has 0 unspecified atom stereocenters. The van der Waals surface area contributed by atoms with Crippen molar-refractivity contribution in [3.63, 3.8) is 0 Å². The Hall–Kier alpha value is -2.36. The molecule has 3 aromatic rings. The van der Waals surface area contributed by atoms with E-state index in [1.165, 1.54) is 11.3 Å². The predicted octanol–water partition coefficient (Wildman–Crippen LogP) is 3.32. The van der Waals surface area contributed by atoms with Crippen LogP contribution in [-0.2, 0) is 11.3 Å². The predicted molar refractivity (Wildman–Crippen MR) is 117 cm³/mol. The molecule has 0 spiro atoms. The quantitative estimate of drug-likeness (QED) is 0.341. The van der Waals surface area contributed by atoms with Gasteiger partial charge >= 0.3 is 0 Å². The average molecular weight is 451 g/mol. The van der Waals surface area contributed by atoms with Crippen LogP contribution >= 0.6 is 34.7 Å². The second-order valence-corrected chi connectivity index (χ2v) is 8.96. The molecule has 1 aromatic carbocycles. The Balaban J connectivity index is 1.74. The first kappa shape index (κ1) is 21.4. The fourth-order valence-electron chi connectivity index (χ4n) is 2.57. The number of hydrogen-bond donors (Lipinski definition) is 2. The van der Waals surface area contributed by atoms with Gasteiger partial charge in [0.05, 0.1) is 21.5 Å². The molecule has 2 aromatic heterocycles. The molecule has 0 saturated heterocycles. The van der Waals surface area contributed by atoms with Gasteiger partial charge in [0.1, 0.15) is 0 Å². The van der Waals surface area contributed by atoms with Gasteiger partial charge in [-0.05, 0) is 35.6 Å². The monoisotopic (exact) mass is 450 g/mol. The first-order chi connectivity index (χ1) is 13.8. The third kappa shape index (κ3) is 5.37. The molecule has 0 radical (unpaired) electrons. The van der Waals surface area contributed by atoms with Gasteiger partial charge in [0.2, 0.25) is 5.91 Å². The Kier molecular flexibility index (Phi) is 6.94. The Morgan fingerprint density at radius 1 is 1.28 bits per heavy atom. The van der Waals surface area contributed by atoms with Gasteiger partial charge in [-0.1, -0.05) is 43.3 Å². The van der Waals surface area contributed by atoms with Crippen molar-refractivity contribution in [2.24, 2.45) is 5.92 Å². The largest absolute Gasteiger partial charge is 0.287 e. The van der Waals surface area contributed by atoms with Crippen molar-refractivity contribution in [2.75, 3.05) is 5.75 Å². The topological polar surface area (TPSA) is 93.1 Å². The van der Waals surface area contributed by atoms with Crippen LogP contribution in [0, 0.1) is 5.92 Å². The summed E-state index contributed by atoms with van der Waals surface area (Å²) in [5.74, 6) is -0.580. The van der Waals surface area contributed by atoms with E-state index < -0.39 is 5.91 Å². The van der Waals surface area contributed by atoms with Crippen LogP contribution in [0.4, 0.5) is 0 Å². The molecule has 29 heavy (non-hydrogen) atoms. The number of thioether (sulfide) groups is 1. The van der Waals surface area contributed by atoms with Crippen LogP contribution in [0.25, 0.3) is 10.9 Å². The molecule has 7 nitrogen and oxygen atoms in total. The number of rotatable bonds is 6. The fourth-order valence-corrected chi connectivity index (χ4v) is 4.17. The number of halogens is 1. The molecular weight excluding hydrogens is 432 g/mol. The number of thiophene rings is 1. The van der Waals surface area contributed by atoms with E-state index in [0.717, 1.165) is 11.8 Å². The highest BCUT2D eigenvalue weighted by atomic mass is 35.5. The number of carbonyl (C=O) groups is 2. The molecule has 0 aliphatic carbocycles. The molecule has 0 saturated carbocycles. The van der Waals surface area contributed by atoms with Crippen LogP contribution in [0.1, 0.15) is 23.5 Å². The lowest BCUT2D eigenvalue weighted by molar-refractivity contribution is -0.119. The maximum absolute atomic E-state index is 12.9. The minimum atomic E-state index is -0.406. The summed E-state index contributed by atoms with van der Waals surface area (Å²) in [6.07, 6.45) is 0. The van der Waals surface area contributed by atoms with Crippen LogP contribution in [0.15, 0.2) is 45.7 Å². The second kappa shape index (κ2) is 9.43. The molecule has 0 atom stereocenters. The summed E-state index contributed by atoms with van der Waals surface area (Å²) >= 11 is 8.44. The van der Waals surface area contributed by atoms with Crippen molar-refractivity contribution in [3.8, 4) is 0 Å². The summed E-state index contributed by atoms with van der Waals surface area (Å²) in [5.41, 5.74) is 5.05. The van der Waals surface area contributed by atoms with E-state index >= 15 is 0 Å². The first-order valence-corrected chi connectivity index (χ1v) is 11.0. The Morgan fingerprint density at radius 3 is 2.76 bits per heavy atom. The fraction of sp³-hybridized carbons (Fsp3) is 0.263. The van der Waals surface area contributed by atoms with Gasteiger partial charge in [-0.2, -0.15) is 0 Å². The van der Waals surface area contributed by atoms with Crippen LogP contribution in [-0.4, -0.2) is 27.1 Å². The molecule has 10 heteroatoms. The van der Waals surface area contributed by atoms with Gasteiger partial charge < -0.3 is 0 Å². The van der Waals surface area contributed by atoms with E-state index in [0.29, 0.717) is 32.5 Å². The summed E-state index contributed by atoms with van der Waals surface area (Å²) in [4.78, 5) is 42.0. The molecule has 0 aliphatic rings. The minimum Gasteiger partial charge on any atom is -0.287 e. The van der Waals surface area contributed by atoms with Crippen molar-refractivity contribution in [3.05, 3.63) is 56.0 Å². The SMILES string of the molecule is CC(C)Cn1c(SCC(=O)NNC(=O)c2cccs2)nc2cc(Cl)ccc2c1=O. The van der Waals surface area contributed by atoms with Gasteiger partial charge in [-0.25, -0.2) is 4.98 Å². The van der Waals surface area contributed by atoms with Crippen molar-refractivity contribution >= 4 is 57.4 Å². The van der Waals surface area contributed by atoms with Crippen LogP contribution in [0.5, 0.6) is 0 Å². The third-order valence-corrected chi connectivity index (χ3v) is 5.90. The maximum atomic E-state index is 12.9. The van der Waals surface area contributed by atoms with E-state index in [1.807, 2.05) is 13.8 Å². The van der Waals surface area contributed by atoms with Gasteiger partial charge in [0.15, 0.2) is 5.16 Å². The van der Waals surface area contributed by atoms with Gasteiger partial charge in [0, 0.05) is 11.6 Å². The first-order valence-electron chi connectivity index (χ1n) is 8.80. The van der Waals surface area contributed by atoms with Crippen LogP contribution < -0.4 is 16.4 Å². The number of fused-ring (bicyclic) bond motifs is 1. The van der Waals surface area contributed by atoms with Crippen molar-refractivity contribution < 1.29 is 9.59 Å².